The zero-order chi connectivity index (χ0) is 18.7. The monoisotopic (exact) mass is 343 g/mol. The summed E-state index contributed by atoms with van der Waals surface area (Å²) in [5.74, 6) is -0.310. The van der Waals surface area contributed by atoms with Crippen molar-refractivity contribution in [3.63, 3.8) is 0 Å². The van der Waals surface area contributed by atoms with E-state index in [9.17, 15) is 20.7 Å². The van der Waals surface area contributed by atoms with Crippen LogP contribution in [0.5, 0.6) is 11.5 Å². The average Bonchev–Trinajstić information content (AvgIpc) is 2.98. The number of rotatable bonds is 3. The first kappa shape index (κ1) is 16.6. The van der Waals surface area contributed by atoms with Crippen molar-refractivity contribution in [3.05, 3.63) is 65.4 Å². The molecule has 26 heavy (non-hydrogen) atoms. The minimum absolute atomic E-state index is 0.0141. The zero-order valence-electron chi connectivity index (χ0n) is 13.5. The number of benzene rings is 2. The van der Waals surface area contributed by atoms with E-state index in [4.69, 9.17) is 5.73 Å². The molecule has 0 fully saturated rings. The van der Waals surface area contributed by atoms with Gasteiger partial charge in [0.2, 0.25) is 0 Å². The third kappa shape index (κ3) is 2.81. The summed E-state index contributed by atoms with van der Waals surface area (Å²) in [5, 5.41) is 43.1. The van der Waals surface area contributed by atoms with Crippen LogP contribution in [0.4, 0.5) is 5.82 Å². The van der Waals surface area contributed by atoms with Crippen LogP contribution in [0.15, 0.2) is 48.5 Å². The van der Waals surface area contributed by atoms with Crippen LogP contribution in [-0.4, -0.2) is 20.0 Å². The second kappa shape index (κ2) is 6.71. The Kier molecular flexibility index (Phi) is 4.29. The Morgan fingerprint density at radius 3 is 2.27 bits per heavy atom. The normalized spacial score (nSPS) is 10.9. The molecular formula is C19H13N5O2. The van der Waals surface area contributed by atoms with Crippen molar-refractivity contribution in [3.8, 4) is 29.3 Å². The summed E-state index contributed by atoms with van der Waals surface area (Å²) in [6.07, 6.45) is 1.27. The molecular weight excluding hydrogens is 330 g/mol. The van der Waals surface area contributed by atoms with E-state index < -0.39 is 0 Å². The molecule has 3 rings (SSSR count). The maximum absolute atomic E-state index is 9.92. The van der Waals surface area contributed by atoms with Crippen LogP contribution in [0.25, 0.3) is 17.3 Å². The summed E-state index contributed by atoms with van der Waals surface area (Å²) in [6.45, 7) is 0. The molecule has 0 spiro atoms. The number of hydrogen-bond acceptors (Lipinski definition) is 6. The number of aromatic hydroxyl groups is 2. The zero-order valence-corrected chi connectivity index (χ0v) is 13.5. The highest BCUT2D eigenvalue weighted by molar-refractivity contribution is 5.93. The maximum atomic E-state index is 9.92. The number of phenolic OH excluding ortho intramolecular Hbond substituents is 2. The quantitative estimate of drug-likeness (QED) is 0.626. The van der Waals surface area contributed by atoms with Gasteiger partial charge in [0.25, 0.3) is 0 Å². The lowest BCUT2D eigenvalue weighted by Gasteiger charge is -2.03. The minimum atomic E-state index is -0.202. The largest absolute Gasteiger partial charge is 0.507 e. The number of nitrogens with two attached hydrogens (primary N) is 1. The number of hydrogen-bond donors (Lipinski definition) is 3. The molecule has 2 aromatic carbocycles. The summed E-state index contributed by atoms with van der Waals surface area (Å²) in [5.41, 5.74) is 6.82. The Balaban J connectivity index is 2.21. The Bertz CT molecular complexity index is 1070. The van der Waals surface area contributed by atoms with E-state index in [1.54, 1.807) is 24.3 Å². The third-order valence-corrected chi connectivity index (χ3v) is 3.76. The Labute approximate surface area is 149 Å². The molecule has 0 saturated carbocycles. The molecule has 0 aliphatic heterocycles. The van der Waals surface area contributed by atoms with E-state index in [-0.39, 0.29) is 39.7 Å². The van der Waals surface area contributed by atoms with Gasteiger partial charge >= 0.3 is 0 Å². The van der Waals surface area contributed by atoms with E-state index in [1.165, 1.54) is 29.0 Å². The number of allylic oxidation sites excluding steroid dienone is 1. The lowest BCUT2D eigenvalue weighted by molar-refractivity contribution is 0.448. The van der Waals surface area contributed by atoms with E-state index in [2.05, 4.69) is 5.10 Å². The van der Waals surface area contributed by atoms with Crippen LogP contribution >= 0.6 is 0 Å². The SMILES string of the molecule is N#C/C(=C\c1c(O)cccc1O)c1nn(-c2ccccc2)c(N)c1C#N. The number of para-hydroxylation sites is 1. The third-order valence-electron chi connectivity index (χ3n) is 3.76. The lowest BCUT2D eigenvalue weighted by atomic mass is 10.0. The molecule has 1 aromatic heterocycles. The van der Waals surface area contributed by atoms with Crippen molar-refractivity contribution < 1.29 is 10.2 Å². The van der Waals surface area contributed by atoms with Gasteiger partial charge in [0.05, 0.1) is 16.8 Å². The predicted octanol–water partition coefficient (Wildman–Crippen LogP) is 2.80. The molecule has 4 N–H and O–H groups in total. The second-order valence-corrected chi connectivity index (χ2v) is 5.35. The van der Waals surface area contributed by atoms with Gasteiger partial charge in [0.1, 0.15) is 40.7 Å². The number of nitrogens with zero attached hydrogens (tertiary/aromatic N) is 4. The Hall–Kier alpha value is -4.23. The predicted molar refractivity (Wildman–Crippen MR) is 95.9 cm³/mol. The first-order valence-corrected chi connectivity index (χ1v) is 7.54. The van der Waals surface area contributed by atoms with Crippen LogP contribution < -0.4 is 5.73 Å². The molecule has 126 valence electrons. The standard InChI is InChI=1S/C19H13N5O2/c20-10-12(9-14-16(25)7-4-8-17(14)26)18-15(11-21)19(22)24(23-18)13-5-2-1-3-6-13/h1-9,25-26H,22H2/b12-9+. The van der Waals surface area contributed by atoms with E-state index in [0.717, 1.165) is 0 Å². The minimum Gasteiger partial charge on any atom is -0.507 e. The van der Waals surface area contributed by atoms with Crippen LogP contribution in [-0.2, 0) is 0 Å². The number of aromatic nitrogens is 2. The van der Waals surface area contributed by atoms with Gasteiger partial charge in [0.15, 0.2) is 0 Å². The molecule has 0 radical (unpaired) electrons. The average molecular weight is 343 g/mol. The molecule has 0 unspecified atom stereocenters. The summed E-state index contributed by atoms with van der Waals surface area (Å²) in [7, 11) is 0. The molecule has 1 heterocycles. The van der Waals surface area contributed by atoms with Gasteiger partial charge in [0, 0.05) is 0 Å². The highest BCUT2D eigenvalue weighted by atomic mass is 16.3. The van der Waals surface area contributed by atoms with Crippen molar-refractivity contribution in [2.45, 2.75) is 0 Å². The van der Waals surface area contributed by atoms with Gasteiger partial charge in [-0.15, -0.1) is 0 Å². The molecule has 7 heteroatoms. The van der Waals surface area contributed by atoms with Crippen LogP contribution in [0.1, 0.15) is 16.8 Å². The summed E-state index contributed by atoms with van der Waals surface area (Å²) in [4.78, 5) is 0. The molecule has 3 aromatic rings. The van der Waals surface area contributed by atoms with Gasteiger partial charge in [-0.25, -0.2) is 4.68 Å². The van der Waals surface area contributed by atoms with Crippen molar-refractivity contribution in [2.75, 3.05) is 5.73 Å². The van der Waals surface area contributed by atoms with Gasteiger partial charge < -0.3 is 15.9 Å². The number of nitriles is 2. The topological polar surface area (TPSA) is 132 Å². The molecule has 0 aliphatic carbocycles. The first-order valence-electron chi connectivity index (χ1n) is 7.54. The summed E-state index contributed by atoms with van der Waals surface area (Å²) < 4.78 is 1.36. The van der Waals surface area contributed by atoms with Crippen molar-refractivity contribution in [1.29, 1.82) is 10.5 Å². The van der Waals surface area contributed by atoms with Gasteiger partial charge in [-0.1, -0.05) is 24.3 Å². The highest BCUT2D eigenvalue weighted by Crippen LogP contribution is 2.32. The Morgan fingerprint density at radius 1 is 1.04 bits per heavy atom. The number of anilines is 1. The maximum Gasteiger partial charge on any atom is 0.145 e. The molecule has 0 saturated heterocycles. The van der Waals surface area contributed by atoms with Crippen LogP contribution in [0.2, 0.25) is 0 Å². The first-order chi connectivity index (χ1) is 12.6. The fourth-order valence-electron chi connectivity index (χ4n) is 2.48. The van der Waals surface area contributed by atoms with E-state index >= 15 is 0 Å². The second-order valence-electron chi connectivity index (χ2n) is 5.35. The van der Waals surface area contributed by atoms with Gasteiger partial charge in [-0.2, -0.15) is 15.6 Å². The number of phenols is 2. The van der Waals surface area contributed by atoms with Crippen molar-refractivity contribution in [1.82, 2.24) is 9.78 Å². The molecule has 0 atom stereocenters. The van der Waals surface area contributed by atoms with Crippen LogP contribution in [0, 0.1) is 22.7 Å². The molecule has 0 amide bonds. The van der Waals surface area contributed by atoms with Crippen molar-refractivity contribution in [2.24, 2.45) is 0 Å². The van der Waals surface area contributed by atoms with E-state index in [1.807, 2.05) is 18.2 Å². The fourth-order valence-corrected chi connectivity index (χ4v) is 2.48. The fraction of sp³-hybridized carbons (Fsp3) is 0. The molecule has 0 bridgehead atoms. The molecule has 7 nitrogen and oxygen atoms in total. The lowest BCUT2D eigenvalue weighted by Crippen LogP contribution is -2.02. The van der Waals surface area contributed by atoms with Crippen LogP contribution in [0.3, 0.4) is 0 Å². The molecule has 0 aliphatic rings. The number of nitrogen functional groups attached to an aromatic ring is 1. The van der Waals surface area contributed by atoms with E-state index in [0.29, 0.717) is 5.69 Å². The van der Waals surface area contributed by atoms with Crippen molar-refractivity contribution >= 4 is 17.5 Å². The summed E-state index contributed by atoms with van der Waals surface area (Å²) in [6, 6.07) is 17.1. The van der Waals surface area contributed by atoms with Gasteiger partial charge in [-0.3, -0.25) is 0 Å². The smallest absolute Gasteiger partial charge is 0.145 e. The van der Waals surface area contributed by atoms with Gasteiger partial charge in [-0.05, 0) is 30.3 Å². The Morgan fingerprint density at radius 2 is 1.69 bits per heavy atom. The highest BCUT2D eigenvalue weighted by Gasteiger charge is 2.20. The summed E-state index contributed by atoms with van der Waals surface area (Å²) >= 11 is 0.